The molecule has 2 rings (SSSR count). The molecule has 1 unspecified atom stereocenters. The molecule has 1 aromatic heterocycles. The Morgan fingerprint density at radius 3 is 2.53 bits per heavy atom. The highest BCUT2D eigenvalue weighted by Crippen LogP contribution is 2.29. The summed E-state index contributed by atoms with van der Waals surface area (Å²) in [6, 6.07) is 13.3. The van der Waals surface area contributed by atoms with Crippen LogP contribution in [-0.2, 0) is 6.42 Å². The Hall–Kier alpha value is -1.54. The van der Waals surface area contributed by atoms with Crippen molar-refractivity contribution in [3.8, 4) is 11.8 Å². The van der Waals surface area contributed by atoms with Gasteiger partial charge in [-0.15, -0.1) is 11.3 Å². The molecular weight excluding hydrogens is 280 g/mol. The Kier molecular flexibility index (Phi) is 4.80. The van der Waals surface area contributed by atoms with Crippen LogP contribution in [-0.4, -0.2) is 6.54 Å². The predicted octanol–water partition coefficient (Wildman–Crippen LogP) is 3.55. The maximum atomic E-state index is 8.61. The van der Waals surface area contributed by atoms with Crippen molar-refractivity contribution < 1.29 is 4.74 Å². The second kappa shape index (κ2) is 6.58. The van der Waals surface area contributed by atoms with Crippen molar-refractivity contribution in [3.63, 3.8) is 0 Å². The number of nitrogens with two attached hydrogens (primary N) is 1. The first kappa shape index (κ1) is 13.9. The highest BCUT2D eigenvalue weighted by molar-refractivity contribution is 7.16. The quantitative estimate of drug-likeness (QED) is 0.917. The predicted molar refractivity (Wildman–Crippen MR) is 77.5 cm³/mol. The average molecular weight is 293 g/mol. The summed E-state index contributed by atoms with van der Waals surface area (Å²) in [7, 11) is 0. The van der Waals surface area contributed by atoms with Crippen LogP contribution in [0.15, 0.2) is 36.4 Å². The Morgan fingerprint density at radius 2 is 2.00 bits per heavy atom. The summed E-state index contributed by atoms with van der Waals surface area (Å²) in [5.41, 5.74) is 6.71. The highest BCUT2D eigenvalue weighted by atomic mass is 35.5. The summed E-state index contributed by atoms with van der Waals surface area (Å²) < 4.78 is 6.56. The monoisotopic (exact) mass is 292 g/mol. The fourth-order valence-corrected chi connectivity index (χ4v) is 2.77. The van der Waals surface area contributed by atoms with Gasteiger partial charge in [-0.05, 0) is 29.8 Å². The van der Waals surface area contributed by atoms with E-state index in [9.17, 15) is 0 Å². The number of rotatable bonds is 5. The summed E-state index contributed by atoms with van der Waals surface area (Å²) in [5.74, 6) is 0.738. The van der Waals surface area contributed by atoms with E-state index in [4.69, 9.17) is 27.3 Å². The second-order valence-corrected chi connectivity index (χ2v) is 5.71. The summed E-state index contributed by atoms with van der Waals surface area (Å²) in [5, 5.41) is 8.61. The topological polar surface area (TPSA) is 59.0 Å². The third-order valence-corrected chi connectivity index (χ3v) is 3.93. The highest BCUT2D eigenvalue weighted by Gasteiger charge is 2.13. The number of nitriles is 1. The van der Waals surface area contributed by atoms with Gasteiger partial charge in [-0.2, -0.15) is 5.26 Å². The van der Waals surface area contributed by atoms with Crippen LogP contribution in [0, 0.1) is 11.3 Å². The molecule has 3 nitrogen and oxygen atoms in total. The molecule has 98 valence electrons. The second-order valence-electron chi connectivity index (χ2n) is 3.96. The Bertz CT molecular complexity index is 574. The summed E-state index contributed by atoms with van der Waals surface area (Å²) in [6.07, 6.45) is 0.209. The first-order chi connectivity index (χ1) is 9.22. The smallest absolute Gasteiger partial charge is 0.145 e. The van der Waals surface area contributed by atoms with E-state index in [2.05, 4.69) is 6.07 Å². The van der Waals surface area contributed by atoms with E-state index in [0.717, 1.165) is 20.5 Å². The zero-order valence-electron chi connectivity index (χ0n) is 10.2. The first-order valence-corrected chi connectivity index (χ1v) is 7.00. The van der Waals surface area contributed by atoms with Crippen molar-refractivity contribution in [1.82, 2.24) is 0 Å². The normalized spacial score (nSPS) is 11.8. The van der Waals surface area contributed by atoms with E-state index >= 15 is 0 Å². The molecule has 0 aliphatic carbocycles. The van der Waals surface area contributed by atoms with E-state index in [1.165, 1.54) is 11.3 Å². The van der Waals surface area contributed by atoms with Crippen LogP contribution in [0.1, 0.15) is 16.5 Å². The number of hydrogen-bond acceptors (Lipinski definition) is 4. The van der Waals surface area contributed by atoms with Gasteiger partial charge in [-0.1, -0.05) is 23.7 Å². The van der Waals surface area contributed by atoms with Crippen LogP contribution in [0.4, 0.5) is 0 Å². The van der Waals surface area contributed by atoms with Gasteiger partial charge in [0.15, 0.2) is 0 Å². The van der Waals surface area contributed by atoms with Crippen LogP contribution in [0.5, 0.6) is 5.75 Å². The molecule has 5 heteroatoms. The van der Waals surface area contributed by atoms with Gasteiger partial charge in [0.2, 0.25) is 0 Å². The van der Waals surface area contributed by atoms with Gasteiger partial charge in [0.1, 0.15) is 11.9 Å². The third-order valence-electron chi connectivity index (χ3n) is 2.61. The van der Waals surface area contributed by atoms with Gasteiger partial charge in [0, 0.05) is 11.4 Å². The minimum absolute atomic E-state index is 0.195. The molecule has 0 saturated heterocycles. The lowest BCUT2D eigenvalue weighted by Gasteiger charge is -2.16. The average Bonchev–Trinajstić information content (AvgIpc) is 2.85. The third kappa shape index (κ3) is 3.71. The molecule has 0 aliphatic heterocycles. The molecule has 1 atom stereocenters. The minimum Gasteiger partial charge on any atom is -0.484 e. The van der Waals surface area contributed by atoms with E-state index < -0.39 is 0 Å². The van der Waals surface area contributed by atoms with Gasteiger partial charge in [0.25, 0.3) is 0 Å². The number of halogens is 1. The number of hydrogen-bond donors (Lipinski definition) is 1. The van der Waals surface area contributed by atoms with E-state index in [0.29, 0.717) is 13.0 Å². The van der Waals surface area contributed by atoms with Gasteiger partial charge < -0.3 is 10.5 Å². The molecule has 2 aromatic rings. The van der Waals surface area contributed by atoms with Crippen molar-refractivity contribution >= 4 is 22.9 Å². The maximum Gasteiger partial charge on any atom is 0.145 e. The lowest BCUT2D eigenvalue weighted by atomic mass is 10.1. The molecule has 0 bridgehead atoms. The molecule has 1 heterocycles. The first-order valence-electron chi connectivity index (χ1n) is 5.80. The molecule has 1 aromatic carbocycles. The molecule has 0 saturated carbocycles. The van der Waals surface area contributed by atoms with Crippen molar-refractivity contribution in [2.24, 2.45) is 5.73 Å². The zero-order chi connectivity index (χ0) is 13.7. The number of ether oxygens (including phenoxy) is 1. The largest absolute Gasteiger partial charge is 0.484 e. The van der Waals surface area contributed by atoms with Crippen LogP contribution >= 0.6 is 22.9 Å². The molecule has 0 fully saturated rings. The molecule has 0 amide bonds. The van der Waals surface area contributed by atoms with E-state index in [1.54, 1.807) is 0 Å². The molecule has 19 heavy (non-hydrogen) atoms. The fraction of sp³-hybridized carbons (Fsp3) is 0.214. The molecule has 0 radical (unpaired) electrons. The Labute approximate surface area is 121 Å². The number of benzene rings is 1. The van der Waals surface area contributed by atoms with E-state index in [-0.39, 0.29) is 6.10 Å². The number of nitrogens with zero attached hydrogens (tertiary/aromatic N) is 1. The molecule has 0 spiro atoms. The van der Waals surface area contributed by atoms with Crippen LogP contribution < -0.4 is 10.5 Å². The molecule has 0 aliphatic rings. The summed E-state index contributed by atoms with van der Waals surface area (Å²) in [6.45, 7) is 0.386. The lowest BCUT2D eigenvalue weighted by molar-refractivity contribution is 0.218. The van der Waals surface area contributed by atoms with Crippen LogP contribution in [0.3, 0.4) is 0 Å². The van der Waals surface area contributed by atoms with Crippen LogP contribution in [0.2, 0.25) is 4.34 Å². The molecular formula is C14H13ClN2OS. The number of thiophene rings is 1. The van der Waals surface area contributed by atoms with E-state index in [1.807, 2.05) is 36.4 Å². The van der Waals surface area contributed by atoms with Gasteiger partial charge >= 0.3 is 0 Å². The molecule has 2 N–H and O–H groups in total. The maximum absolute atomic E-state index is 8.61. The van der Waals surface area contributed by atoms with Gasteiger partial charge in [-0.3, -0.25) is 0 Å². The van der Waals surface area contributed by atoms with Crippen molar-refractivity contribution in [2.45, 2.75) is 12.5 Å². The SMILES string of the molecule is N#CCc1ccc(OC(CN)c2ccc(Cl)s2)cc1. The van der Waals surface area contributed by atoms with Crippen molar-refractivity contribution in [1.29, 1.82) is 5.26 Å². The lowest BCUT2D eigenvalue weighted by Crippen LogP contribution is -2.17. The van der Waals surface area contributed by atoms with Crippen LogP contribution in [0.25, 0.3) is 0 Å². The zero-order valence-corrected chi connectivity index (χ0v) is 11.7. The fourth-order valence-electron chi connectivity index (χ4n) is 1.67. The summed E-state index contributed by atoms with van der Waals surface area (Å²) in [4.78, 5) is 1.01. The van der Waals surface area contributed by atoms with Crippen molar-refractivity contribution in [2.75, 3.05) is 6.54 Å². The minimum atomic E-state index is -0.195. The van der Waals surface area contributed by atoms with Gasteiger partial charge in [-0.25, -0.2) is 0 Å². The van der Waals surface area contributed by atoms with Crippen molar-refractivity contribution in [3.05, 3.63) is 51.2 Å². The Balaban J connectivity index is 2.08. The Morgan fingerprint density at radius 1 is 1.26 bits per heavy atom. The standard InChI is InChI=1S/C14H13ClN2OS/c15-14-6-5-13(19-14)12(9-17)18-11-3-1-10(2-4-11)7-8-16/h1-6,12H,7,9,17H2. The van der Waals surface area contributed by atoms with Gasteiger partial charge in [0.05, 0.1) is 16.8 Å². The summed E-state index contributed by atoms with van der Waals surface area (Å²) >= 11 is 7.38.